The van der Waals surface area contributed by atoms with Crippen molar-refractivity contribution in [3.8, 4) is 11.3 Å². The van der Waals surface area contributed by atoms with Gasteiger partial charge in [-0.3, -0.25) is 14.7 Å². The summed E-state index contributed by atoms with van der Waals surface area (Å²) >= 11 is 0. The van der Waals surface area contributed by atoms with Crippen LogP contribution >= 0.6 is 0 Å². The number of hydrogen-bond acceptors (Lipinski definition) is 6. The van der Waals surface area contributed by atoms with Gasteiger partial charge in [0.25, 0.3) is 5.91 Å². The summed E-state index contributed by atoms with van der Waals surface area (Å²) in [6, 6.07) is 23.6. The summed E-state index contributed by atoms with van der Waals surface area (Å²) in [7, 11) is 1.60. The van der Waals surface area contributed by atoms with Crippen LogP contribution in [0.15, 0.2) is 79.0 Å². The van der Waals surface area contributed by atoms with Gasteiger partial charge in [0.1, 0.15) is 11.4 Å². The van der Waals surface area contributed by atoms with Crippen molar-refractivity contribution in [2.24, 2.45) is 0 Å². The quantitative estimate of drug-likeness (QED) is 0.439. The number of pyridine rings is 1. The number of benzene rings is 2. The molecule has 8 nitrogen and oxygen atoms in total. The van der Waals surface area contributed by atoms with E-state index in [1.807, 2.05) is 86.6 Å². The summed E-state index contributed by atoms with van der Waals surface area (Å²) in [5, 5.41) is 19.0. The molecule has 1 aliphatic heterocycles. The molecule has 1 unspecified atom stereocenters. The number of hydrogen-bond donors (Lipinski definition) is 2. The van der Waals surface area contributed by atoms with Crippen molar-refractivity contribution < 1.29 is 9.90 Å². The Hall–Kier alpha value is -4.17. The van der Waals surface area contributed by atoms with Crippen molar-refractivity contribution in [3.05, 3.63) is 90.1 Å². The molecule has 0 fully saturated rings. The van der Waals surface area contributed by atoms with Gasteiger partial charge in [0, 0.05) is 30.5 Å². The zero-order valence-corrected chi connectivity index (χ0v) is 20.0. The summed E-state index contributed by atoms with van der Waals surface area (Å²) in [6.07, 6.45) is 0.697. The van der Waals surface area contributed by atoms with Crippen LogP contribution in [0.2, 0.25) is 0 Å². The van der Waals surface area contributed by atoms with Gasteiger partial charge in [0.2, 0.25) is 6.35 Å². The van der Waals surface area contributed by atoms with Crippen molar-refractivity contribution in [1.29, 1.82) is 0 Å². The van der Waals surface area contributed by atoms with Crippen LogP contribution in [0.25, 0.3) is 11.3 Å². The van der Waals surface area contributed by atoms with E-state index in [1.54, 1.807) is 22.8 Å². The maximum Gasteiger partial charge on any atom is 0.264 e. The van der Waals surface area contributed by atoms with Crippen LogP contribution in [-0.4, -0.2) is 50.1 Å². The molecule has 0 saturated carbocycles. The Morgan fingerprint density at radius 3 is 2.37 bits per heavy atom. The number of amides is 1. The predicted octanol–water partition coefficient (Wildman–Crippen LogP) is 4.31. The molecule has 2 aromatic heterocycles. The third-order valence-corrected chi connectivity index (χ3v) is 6.15. The lowest BCUT2D eigenvalue weighted by Crippen LogP contribution is -2.56. The van der Waals surface area contributed by atoms with E-state index < -0.39 is 6.35 Å². The Balaban J connectivity index is 1.56. The number of para-hydroxylation sites is 1. The molecule has 1 amide bonds. The summed E-state index contributed by atoms with van der Waals surface area (Å²) in [5.74, 6) is 0.785. The molecule has 1 atom stereocenters. The first-order valence-electron chi connectivity index (χ1n) is 11.6. The highest BCUT2D eigenvalue weighted by molar-refractivity contribution is 6.06. The van der Waals surface area contributed by atoms with Crippen molar-refractivity contribution in [2.45, 2.75) is 32.8 Å². The predicted molar refractivity (Wildman–Crippen MR) is 136 cm³/mol. The minimum Gasteiger partial charge on any atom is -0.356 e. The third kappa shape index (κ3) is 4.24. The van der Waals surface area contributed by atoms with E-state index in [1.165, 1.54) is 4.90 Å². The van der Waals surface area contributed by atoms with Gasteiger partial charge < -0.3 is 15.3 Å². The van der Waals surface area contributed by atoms with Crippen LogP contribution in [0.5, 0.6) is 0 Å². The average Bonchev–Trinajstić information content (AvgIpc) is 3.21. The van der Waals surface area contributed by atoms with Crippen LogP contribution in [0, 0.1) is 0 Å². The Labute approximate surface area is 204 Å². The number of carbonyl (C=O) groups excluding carboxylic acids is 1. The average molecular weight is 469 g/mol. The highest BCUT2D eigenvalue weighted by Gasteiger charge is 2.41. The summed E-state index contributed by atoms with van der Waals surface area (Å²) in [6.45, 7) is 4.39. The smallest absolute Gasteiger partial charge is 0.264 e. The minimum absolute atomic E-state index is 0.0649. The molecule has 0 aliphatic carbocycles. The number of anilines is 3. The van der Waals surface area contributed by atoms with Gasteiger partial charge in [-0.25, -0.2) is 4.68 Å². The zero-order chi connectivity index (χ0) is 24.5. The zero-order valence-electron chi connectivity index (χ0n) is 20.0. The summed E-state index contributed by atoms with van der Waals surface area (Å²) in [5.41, 5.74) is 4.26. The van der Waals surface area contributed by atoms with Gasteiger partial charge in [-0.2, -0.15) is 5.10 Å². The number of nitrogens with zero attached hydrogens (tertiary/aromatic N) is 5. The summed E-state index contributed by atoms with van der Waals surface area (Å²) in [4.78, 5) is 20.8. The normalized spacial score (nSPS) is 15.5. The van der Waals surface area contributed by atoms with Crippen LogP contribution in [-0.2, 0) is 6.54 Å². The maximum atomic E-state index is 13.3. The standard InChI is InChI=1S/C27H28N6O2/c1-18(2)33-25-23(26(34)31(3)27(33)35)24(29-21-9-5-4-6-10-21)32(30-25)17-19-12-14-20(15-13-19)22-11-7-8-16-28-22/h4-16,18,27,29,35H,17H2,1-3H3. The molecule has 35 heavy (non-hydrogen) atoms. The Kier molecular flexibility index (Phi) is 5.96. The molecule has 0 saturated heterocycles. The number of fused-ring (bicyclic) bond motifs is 1. The molecule has 5 rings (SSSR count). The third-order valence-electron chi connectivity index (χ3n) is 6.15. The fraction of sp³-hybridized carbons (Fsp3) is 0.222. The molecule has 0 spiro atoms. The fourth-order valence-electron chi connectivity index (χ4n) is 4.30. The molecular formula is C27H28N6O2. The van der Waals surface area contributed by atoms with Gasteiger partial charge in [-0.1, -0.05) is 48.5 Å². The van der Waals surface area contributed by atoms with E-state index >= 15 is 0 Å². The summed E-state index contributed by atoms with van der Waals surface area (Å²) < 4.78 is 1.80. The lowest BCUT2D eigenvalue weighted by atomic mass is 10.1. The van der Waals surface area contributed by atoms with E-state index in [9.17, 15) is 9.90 Å². The number of aromatic nitrogens is 3. The first-order valence-corrected chi connectivity index (χ1v) is 11.6. The van der Waals surface area contributed by atoms with Gasteiger partial charge >= 0.3 is 0 Å². The van der Waals surface area contributed by atoms with E-state index in [0.717, 1.165) is 22.5 Å². The molecule has 0 radical (unpaired) electrons. The van der Waals surface area contributed by atoms with E-state index in [4.69, 9.17) is 5.10 Å². The molecule has 3 heterocycles. The van der Waals surface area contributed by atoms with Gasteiger partial charge in [-0.05, 0) is 43.7 Å². The van der Waals surface area contributed by atoms with Crippen LogP contribution in [0.3, 0.4) is 0 Å². The minimum atomic E-state index is -1.08. The van der Waals surface area contributed by atoms with Crippen LogP contribution < -0.4 is 10.2 Å². The second kappa shape index (κ2) is 9.23. The van der Waals surface area contributed by atoms with Crippen LogP contribution in [0.4, 0.5) is 17.3 Å². The van der Waals surface area contributed by atoms with Gasteiger partial charge in [0.05, 0.1) is 12.2 Å². The van der Waals surface area contributed by atoms with Crippen molar-refractivity contribution >= 4 is 23.2 Å². The molecule has 2 aromatic carbocycles. The topological polar surface area (TPSA) is 86.5 Å². The van der Waals surface area contributed by atoms with Crippen LogP contribution in [0.1, 0.15) is 29.8 Å². The number of aliphatic hydroxyl groups excluding tert-OH is 1. The molecule has 0 bridgehead atoms. The highest BCUT2D eigenvalue weighted by atomic mass is 16.3. The lowest BCUT2D eigenvalue weighted by Gasteiger charge is -2.40. The highest BCUT2D eigenvalue weighted by Crippen LogP contribution is 2.37. The number of aliphatic hydroxyl groups is 1. The van der Waals surface area contributed by atoms with Crippen molar-refractivity contribution in [3.63, 3.8) is 0 Å². The first kappa shape index (κ1) is 22.6. The first-order chi connectivity index (χ1) is 16.9. The molecule has 8 heteroatoms. The number of carbonyl (C=O) groups is 1. The molecular weight excluding hydrogens is 440 g/mol. The van der Waals surface area contributed by atoms with Gasteiger partial charge in [-0.15, -0.1) is 0 Å². The fourth-order valence-corrected chi connectivity index (χ4v) is 4.30. The van der Waals surface area contributed by atoms with E-state index in [2.05, 4.69) is 10.3 Å². The Bertz CT molecular complexity index is 1320. The maximum absolute atomic E-state index is 13.3. The molecule has 4 aromatic rings. The van der Waals surface area contributed by atoms with Crippen molar-refractivity contribution in [2.75, 3.05) is 17.3 Å². The molecule has 2 N–H and O–H groups in total. The molecule has 178 valence electrons. The second-order valence-electron chi connectivity index (χ2n) is 8.87. The Morgan fingerprint density at radius 1 is 1.00 bits per heavy atom. The van der Waals surface area contributed by atoms with Crippen molar-refractivity contribution in [1.82, 2.24) is 19.7 Å². The van der Waals surface area contributed by atoms with E-state index in [0.29, 0.717) is 23.7 Å². The Morgan fingerprint density at radius 2 is 1.71 bits per heavy atom. The van der Waals surface area contributed by atoms with Gasteiger partial charge in [0.15, 0.2) is 5.82 Å². The molecule has 1 aliphatic rings. The number of nitrogens with one attached hydrogen (secondary N) is 1. The van der Waals surface area contributed by atoms with E-state index in [-0.39, 0.29) is 11.9 Å². The monoisotopic (exact) mass is 468 g/mol. The lowest BCUT2D eigenvalue weighted by molar-refractivity contribution is 0.0105. The number of rotatable bonds is 6. The largest absolute Gasteiger partial charge is 0.356 e. The SMILES string of the molecule is CC(C)N1c2nn(Cc3ccc(-c4ccccn4)cc3)c(Nc3ccccc3)c2C(=O)N(C)C1O. The second-order valence-corrected chi connectivity index (χ2v) is 8.87.